The number of furan rings is 1. The second-order valence-electron chi connectivity index (χ2n) is 5.78. The first-order chi connectivity index (χ1) is 11.7. The Bertz CT molecular complexity index is 868. The molecule has 3 aromatic rings. The first-order valence-electron chi connectivity index (χ1n) is 7.89. The normalized spacial score (nSPS) is 16.7. The van der Waals surface area contributed by atoms with Crippen molar-refractivity contribution in [1.82, 2.24) is 15.1 Å². The van der Waals surface area contributed by atoms with Crippen LogP contribution in [0.2, 0.25) is 0 Å². The van der Waals surface area contributed by atoms with Crippen LogP contribution in [-0.4, -0.2) is 27.5 Å². The lowest BCUT2D eigenvalue weighted by molar-refractivity contribution is 0.0730. The van der Waals surface area contributed by atoms with Gasteiger partial charge in [-0.2, -0.15) is 5.10 Å². The van der Waals surface area contributed by atoms with E-state index in [1.54, 1.807) is 29.4 Å². The second kappa shape index (κ2) is 5.63. The third kappa shape index (κ3) is 2.14. The van der Waals surface area contributed by atoms with Crippen molar-refractivity contribution in [3.8, 4) is 11.3 Å². The Morgan fingerprint density at radius 2 is 2.08 bits per heavy atom. The van der Waals surface area contributed by atoms with Gasteiger partial charge in [0.1, 0.15) is 23.3 Å². The molecular weight excluding hydrogens is 309 g/mol. The largest absolute Gasteiger partial charge is 0.467 e. The number of rotatable bonds is 4. The zero-order chi connectivity index (χ0) is 16.7. The minimum atomic E-state index is -0.318. The molecule has 0 aliphatic carbocycles. The number of halogens is 1. The number of carbonyl (C=O) groups excluding carboxylic acids is 1. The number of hydrogen-bond donors (Lipinski definition) is 1. The molecule has 3 heterocycles. The van der Waals surface area contributed by atoms with Gasteiger partial charge in [-0.1, -0.05) is 6.92 Å². The highest BCUT2D eigenvalue weighted by atomic mass is 19.1. The molecular formula is C18H16FN3O2. The van der Waals surface area contributed by atoms with Gasteiger partial charge in [-0.15, -0.1) is 0 Å². The molecule has 0 unspecified atom stereocenters. The molecule has 6 heteroatoms. The molecule has 4 rings (SSSR count). The Labute approximate surface area is 138 Å². The maximum Gasteiger partial charge on any atom is 0.273 e. The third-order valence-corrected chi connectivity index (χ3v) is 4.26. The number of fused-ring (bicyclic) bond motifs is 1. The lowest BCUT2D eigenvalue weighted by Crippen LogP contribution is -2.30. The molecule has 1 aliphatic rings. The van der Waals surface area contributed by atoms with Crippen molar-refractivity contribution in [3.05, 3.63) is 65.5 Å². The van der Waals surface area contributed by atoms with Crippen molar-refractivity contribution in [2.24, 2.45) is 0 Å². The zero-order valence-electron chi connectivity index (χ0n) is 13.1. The number of aromatic amines is 1. The van der Waals surface area contributed by atoms with Gasteiger partial charge >= 0.3 is 0 Å². The zero-order valence-corrected chi connectivity index (χ0v) is 13.1. The minimum Gasteiger partial charge on any atom is -0.467 e. The number of carbonyl (C=O) groups is 1. The summed E-state index contributed by atoms with van der Waals surface area (Å²) in [6.07, 6.45) is 2.44. The SMILES string of the molecule is CCCN1C(=O)c2[nH]nc(-c3ccc(F)cc3)c2[C@H]1c1ccco1. The summed E-state index contributed by atoms with van der Waals surface area (Å²) in [5, 5.41) is 7.16. The number of hydrogen-bond acceptors (Lipinski definition) is 3. The van der Waals surface area contributed by atoms with Crippen molar-refractivity contribution < 1.29 is 13.6 Å². The maximum atomic E-state index is 13.2. The van der Waals surface area contributed by atoms with Crippen LogP contribution in [0.15, 0.2) is 47.1 Å². The van der Waals surface area contributed by atoms with Crippen LogP contribution in [0.4, 0.5) is 4.39 Å². The molecule has 0 saturated carbocycles. The van der Waals surface area contributed by atoms with Crippen molar-refractivity contribution in [2.75, 3.05) is 6.54 Å². The van der Waals surface area contributed by atoms with E-state index in [0.717, 1.165) is 17.5 Å². The van der Waals surface area contributed by atoms with Crippen molar-refractivity contribution >= 4 is 5.91 Å². The van der Waals surface area contributed by atoms with E-state index in [-0.39, 0.29) is 17.8 Å². The average Bonchev–Trinajstić information content (AvgIpc) is 3.29. The van der Waals surface area contributed by atoms with E-state index in [0.29, 0.717) is 23.7 Å². The van der Waals surface area contributed by atoms with E-state index in [4.69, 9.17) is 4.42 Å². The van der Waals surface area contributed by atoms with Crippen molar-refractivity contribution in [1.29, 1.82) is 0 Å². The molecule has 1 N–H and O–H groups in total. The van der Waals surface area contributed by atoms with E-state index in [9.17, 15) is 9.18 Å². The second-order valence-corrected chi connectivity index (χ2v) is 5.78. The van der Waals surface area contributed by atoms with Crippen LogP contribution in [0.3, 0.4) is 0 Å². The first-order valence-corrected chi connectivity index (χ1v) is 7.89. The van der Waals surface area contributed by atoms with Crippen LogP contribution in [0, 0.1) is 5.82 Å². The fourth-order valence-electron chi connectivity index (χ4n) is 3.24. The van der Waals surface area contributed by atoms with E-state index in [1.807, 2.05) is 13.0 Å². The molecule has 0 fully saturated rings. The lowest BCUT2D eigenvalue weighted by Gasteiger charge is -2.23. The predicted molar refractivity (Wildman–Crippen MR) is 85.9 cm³/mol. The highest BCUT2D eigenvalue weighted by Gasteiger charge is 2.43. The Kier molecular flexibility index (Phi) is 3.45. The van der Waals surface area contributed by atoms with Gasteiger partial charge < -0.3 is 9.32 Å². The smallest absolute Gasteiger partial charge is 0.273 e. The summed E-state index contributed by atoms with van der Waals surface area (Å²) < 4.78 is 18.8. The highest BCUT2D eigenvalue weighted by Crippen LogP contribution is 2.42. The molecule has 1 aromatic carbocycles. The number of nitrogens with one attached hydrogen (secondary N) is 1. The van der Waals surface area contributed by atoms with Gasteiger partial charge in [0.15, 0.2) is 0 Å². The molecule has 24 heavy (non-hydrogen) atoms. The summed E-state index contributed by atoms with van der Waals surface area (Å²) in [7, 11) is 0. The van der Waals surface area contributed by atoms with E-state index < -0.39 is 0 Å². The van der Waals surface area contributed by atoms with Crippen LogP contribution in [0.25, 0.3) is 11.3 Å². The van der Waals surface area contributed by atoms with Crippen LogP contribution in [0.1, 0.15) is 41.2 Å². The Balaban J connectivity index is 1.87. The number of nitrogens with zero attached hydrogens (tertiary/aromatic N) is 2. The molecule has 0 radical (unpaired) electrons. The van der Waals surface area contributed by atoms with E-state index in [1.165, 1.54) is 12.1 Å². The summed E-state index contributed by atoms with van der Waals surface area (Å²) in [5.74, 6) is 0.298. The quantitative estimate of drug-likeness (QED) is 0.794. The van der Waals surface area contributed by atoms with Crippen molar-refractivity contribution in [3.63, 3.8) is 0 Å². The summed E-state index contributed by atoms with van der Waals surface area (Å²) in [4.78, 5) is 14.5. The average molecular weight is 325 g/mol. The molecule has 1 aliphatic heterocycles. The Hall–Kier alpha value is -2.89. The van der Waals surface area contributed by atoms with Gasteiger partial charge in [0.05, 0.1) is 12.0 Å². The monoisotopic (exact) mass is 325 g/mol. The number of amides is 1. The van der Waals surface area contributed by atoms with Gasteiger partial charge in [0, 0.05) is 17.7 Å². The summed E-state index contributed by atoms with van der Waals surface area (Å²) in [6.45, 7) is 2.65. The molecule has 1 atom stereocenters. The van der Waals surface area contributed by atoms with Gasteiger partial charge in [-0.05, 0) is 42.8 Å². The number of aromatic nitrogens is 2. The minimum absolute atomic E-state index is 0.0888. The molecule has 0 bridgehead atoms. The molecule has 5 nitrogen and oxygen atoms in total. The molecule has 0 saturated heterocycles. The van der Waals surface area contributed by atoms with Crippen LogP contribution < -0.4 is 0 Å². The van der Waals surface area contributed by atoms with Crippen molar-refractivity contribution in [2.45, 2.75) is 19.4 Å². The maximum absolute atomic E-state index is 13.2. The number of H-pyrrole nitrogens is 1. The van der Waals surface area contributed by atoms with Gasteiger partial charge in [0.25, 0.3) is 5.91 Å². The summed E-state index contributed by atoms with van der Waals surface area (Å²) in [5.41, 5.74) is 2.68. The predicted octanol–water partition coefficient (Wildman–Crippen LogP) is 3.76. The lowest BCUT2D eigenvalue weighted by atomic mass is 10.00. The highest BCUT2D eigenvalue weighted by molar-refractivity contribution is 6.00. The van der Waals surface area contributed by atoms with E-state index >= 15 is 0 Å². The van der Waals surface area contributed by atoms with Gasteiger partial charge in [-0.3, -0.25) is 9.89 Å². The van der Waals surface area contributed by atoms with E-state index in [2.05, 4.69) is 10.2 Å². The number of benzene rings is 1. The fourth-order valence-corrected chi connectivity index (χ4v) is 3.24. The summed E-state index contributed by atoms with van der Waals surface area (Å²) >= 11 is 0. The third-order valence-electron chi connectivity index (χ3n) is 4.26. The standard InChI is InChI=1S/C18H16FN3O2/c1-2-9-22-17(13-4-3-10-24-13)14-15(20-21-16(14)18(22)23)11-5-7-12(19)8-6-11/h3-8,10,17H,2,9H2,1H3,(H,20,21)/t17-/m1/s1. The van der Waals surface area contributed by atoms with Crippen LogP contribution >= 0.6 is 0 Å². The topological polar surface area (TPSA) is 62.1 Å². The van der Waals surface area contributed by atoms with Crippen LogP contribution in [-0.2, 0) is 0 Å². The molecule has 1 amide bonds. The van der Waals surface area contributed by atoms with Gasteiger partial charge in [0.2, 0.25) is 0 Å². The summed E-state index contributed by atoms with van der Waals surface area (Å²) in [6, 6.07) is 9.45. The van der Waals surface area contributed by atoms with Gasteiger partial charge in [-0.25, -0.2) is 4.39 Å². The Morgan fingerprint density at radius 3 is 2.75 bits per heavy atom. The fraction of sp³-hybridized carbons (Fsp3) is 0.222. The Morgan fingerprint density at radius 1 is 1.29 bits per heavy atom. The molecule has 0 spiro atoms. The molecule has 2 aromatic heterocycles. The first kappa shape index (κ1) is 14.7. The van der Waals surface area contributed by atoms with Crippen LogP contribution in [0.5, 0.6) is 0 Å². The molecule has 122 valence electrons.